The Morgan fingerprint density at radius 3 is 2.60 bits per heavy atom. The number of benzene rings is 1. The van der Waals surface area contributed by atoms with Crippen LogP contribution < -0.4 is 4.74 Å². The molecule has 1 aromatic carbocycles. The van der Waals surface area contributed by atoms with E-state index in [1.807, 2.05) is 0 Å². The summed E-state index contributed by atoms with van der Waals surface area (Å²) in [5, 5.41) is 0. The molecule has 20 heavy (non-hydrogen) atoms. The second-order valence-electron chi connectivity index (χ2n) is 5.62. The number of methoxy groups -OCH3 is 1. The quantitative estimate of drug-likeness (QED) is 0.320. The minimum Gasteiger partial charge on any atom is -0.466 e. The zero-order valence-corrected chi connectivity index (χ0v) is 15.0. The van der Waals surface area contributed by atoms with Crippen LogP contribution in [0.25, 0.3) is 0 Å². The minimum absolute atomic E-state index is 0.174. The molecule has 0 aliphatic carbocycles. The zero-order chi connectivity index (χ0) is 15.2. The summed E-state index contributed by atoms with van der Waals surface area (Å²) >= 11 is 3.38. The van der Waals surface area contributed by atoms with Crippen molar-refractivity contribution in [3.05, 3.63) is 28.2 Å². The Balaban J connectivity index is 2.49. The molecule has 0 fully saturated rings. The van der Waals surface area contributed by atoms with Gasteiger partial charge in [0.1, 0.15) is 5.75 Å². The maximum absolute atomic E-state index is 11.4. The topological polar surface area (TPSA) is 44.8 Å². The first-order valence-electron chi connectivity index (χ1n) is 6.42. The van der Waals surface area contributed by atoms with Crippen LogP contribution in [0, 0.1) is 0 Å². The van der Waals surface area contributed by atoms with Crippen LogP contribution in [0.3, 0.4) is 0 Å². The predicted molar refractivity (Wildman–Crippen MR) is 85.1 cm³/mol. The Bertz CT molecular complexity index is 457. The van der Waals surface area contributed by atoms with Crippen molar-refractivity contribution in [2.45, 2.75) is 25.7 Å². The summed E-state index contributed by atoms with van der Waals surface area (Å²) < 4.78 is 16.4. The molecule has 0 atom stereocenters. The van der Waals surface area contributed by atoms with Crippen molar-refractivity contribution in [3.8, 4) is 5.75 Å². The van der Waals surface area contributed by atoms with Gasteiger partial charge in [-0.1, -0.05) is 19.6 Å². The Morgan fingerprint density at radius 1 is 1.30 bits per heavy atom. The number of rotatable bonds is 7. The number of esters is 1. The summed E-state index contributed by atoms with van der Waals surface area (Å²) in [7, 11) is 0.274. The largest absolute Gasteiger partial charge is 0.466 e. The number of carbonyl (C=O) groups excluding carboxylic acids is 1. The highest BCUT2D eigenvalue weighted by Gasteiger charge is 2.12. The minimum atomic E-state index is -1.08. The molecule has 0 unspecified atom stereocenters. The van der Waals surface area contributed by atoms with Crippen LogP contribution in [-0.4, -0.2) is 34.6 Å². The molecule has 0 N–H and O–H groups in total. The second-order valence-corrected chi connectivity index (χ2v) is 12.1. The lowest BCUT2D eigenvalue weighted by atomic mass is 10.2. The van der Waals surface area contributed by atoms with Gasteiger partial charge >= 0.3 is 5.97 Å². The Hall–Kier alpha value is -0.853. The molecule has 4 nitrogen and oxygen atoms in total. The molecule has 0 saturated heterocycles. The van der Waals surface area contributed by atoms with E-state index in [4.69, 9.17) is 9.47 Å². The van der Waals surface area contributed by atoms with Crippen molar-refractivity contribution in [3.63, 3.8) is 0 Å². The molecule has 6 heteroatoms. The van der Waals surface area contributed by atoms with Crippen molar-refractivity contribution in [1.29, 1.82) is 0 Å². The summed E-state index contributed by atoms with van der Waals surface area (Å²) in [6.45, 7) is 7.77. The third-order valence-corrected chi connectivity index (χ3v) is 5.01. The smallest absolute Gasteiger partial charge is 0.337 e. The third-order valence-electron chi connectivity index (χ3n) is 2.65. The number of carbonyl (C=O) groups is 1. The first kappa shape index (κ1) is 17.2. The number of ether oxygens (including phenoxy) is 3. The number of halogens is 1. The van der Waals surface area contributed by atoms with E-state index in [1.54, 1.807) is 18.2 Å². The van der Waals surface area contributed by atoms with Crippen LogP contribution in [0.5, 0.6) is 5.75 Å². The van der Waals surface area contributed by atoms with Gasteiger partial charge in [0.2, 0.25) is 0 Å². The van der Waals surface area contributed by atoms with Gasteiger partial charge < -0.3 is 14.2 Å². The lowest BCUT2D eigenvalue weighted by Gasteiger charge is -2.16. The molecule has 1 aromatic rings. The Kier molecular flexibility index (Phi) is 6.71. The van der Waals surface area contributed by atoms with Crippen LogP contribution in [0.2, 0.25) is 25.7 Å². The van der Waals surface area contributed by atoms with Crippen LogP contribution in [0.15, 0.2) is 22.7 Å². The molecule has 0 heterocycles. The number of hydrogen-bond donors (Lipinski definition) is 0. The highest BCUT2D eigenvalue weighted by Crippen LogP contribution is 2.26. The van der Waals surface area contributed by atoms with E-state index in [1.165, 1.54) is 7.11 Å². The summed E-state index contributed by atoms with van der Waals surface area (Å²) in [5.41, 5.74) is 0.452. The van der Waals surface area contributed by atoms with Crippen molar-refractivity contribution in [2.75, 3.05) is 20.5 Å². The lowest BCUT2D eigenvalue weighted by Crippen LogP contribution is -2.22. The molecule has 0 aliphatic rings. The van der Waals surface area contributed by atoms with Gasteiger partial charge in [-0.05, 0) is 40.2 Å². The van der Waals surface area contributed by atoms with Gasteiger partial charge in [-0.15, -0.1) is 0 Å². The average molecular weight is 361 g/mol. The van der Waals surface area contributed by atoms with Gasteiger partial charge in [-0.25, -0.2) is 4.79 Å². The third kappa shape index (κ3) is 6.07. The van der Waals surface area contributed by atoms with E-state index < -0.39 is 8.07 Å². The summed E-state index contributed by atoms with van der Waals surface area (Å²) in [4.78, 5) is 11.4. The molecule has 0 bridgehead atoms. The first-order valence-corrected chi connectivity index (χ1v) is 10.9. The van der Waals surface area contributed by atoms with E-state index in [0.29, 0.717) is 17.9 Å². The van der Waals surface area contributed by atoms with Crippen molar-refractivity contribution >= 4 is 30.0 Å². The lowest BCUT2D eigenvalue weighted by molar-refractivity contribution is 0.0214. The predicted octanol–water partition coefficient (Wildman–Crippen LogP) is 3.93. The van der Waals surface area contributed by atoms with Crippen LogP contribution >= 0.6 is 15.9 Å². The first-order chi connectivity index (χ1) is 9.33. The van der Waals surface area contributed by atoms with E-state index in [2.05, 4.69) is 40.3 Å². The highest BCUT2D eigenvalue weighted by atomic mass is 79.9. The van der Waals surface area contributed by atoms with Gasteiger partial charge in [0.15, 0.2) is 6.79 Å². The highest BCUT2D eigenvalue weighted by molar-refractivity contribution is 9.10. The van der Waals surface area contributed by atoms with Gasteiger partial charge in [-0.2, -0.15) is 0 Å². The van der Waals surface area contributed by atoms with E-state index in [9.17, 15) is 4.79 Å². The van der Waals surface area contributed by atoms with Crippen LogP contribution in [0.1, 0.15) is 10.4 Å². The van der Waals surface area contributed by atoms with Gasteiger partial charge in [0.25, 0.3) is 0 Å². The molecular formula is C14H21BrO4Si. The normalized spacial score (nSPS) is 11.2. The molecular weight excluding hydrogens is 340 g/mol. The van der Waals surface area contributed by atoms with Gasteiger partial charge in [-0.3, -0.25) is 0 Å². The van der Waals surface area contributed by atoms with E-state index in [-0.39, 0.29) is 12.8 Å². The zero-order valence-electron chi connectivity index (χ0n) is 12.4. The summed E-state index contributed by atoms with van der Waals surface area (Å²) in [6, 6.07) is 6.16. The SMILES string of the molecule is COC(=O)c1ccc(Br)c(OCOCC[Si](C)(C)C)c1. The molecule has 0 aromatic heterocycles. The molecule has 0 radical (unpaired) electrons. The Labute approximate surface area is 129 Å². The average Bonchev–Trinajstić information content (AvgIpc) is 2.38. The van der Waals surface area contributed by atoms with Gasteiger partial charge in [0.05, 0.1) is 17.1 Å². The summed E-state index contributed by atoms with van der Waals surface area (Å²) in [5.74, 6) is 0.183. The molecule has 1 rings (SSSR count). The van der Waals surface area contributed by atoms with Gasteiger partial charge in [0, 0.05) is 14.7 Å². The van der Waals surface area contributed by atoms with E-state index >= 15 is 0 Å². The van der Waals surface area contributed by atoms with E-state index in [0.717, 1.165) is 10.5 Å². The molecule has 0 spiro atoms. The number of hydrogen-bond acceptors (Lipinski definition) is 4. The Morgan fingerprint density at radius 2 is 2.00 bits per heavy atom. The fourth-order valence-corrected chi connectivity index (χ4v) is 2.52. The molecule has 0 amide bonds. The second kappa shape index (κ2) is 7.80. The summed E-state index contributed by atoms with van der Waals surface area (Å²) in [6.07, 6.45) is 0. The van der Waals surface area contributed by atoms with Crippen LogP contribution in [-0.2, 0) is 9.47 Å². The van der Waals surface area contributed by atoms with Crippen molar-refractivity contribution < 1.29 is 19.0 Å². The van der Waals surface area contributed by atoms with Crippen LogP contribution in [0.4, 0.5) is 0 Å². The fourth-order valence-electron chi connectivity index (χ4n) is 1.40. The molecule has 0 saturated carbocycles. The molecule has 112 valence electrons. The molecule has 0 aliphatic heterocycles. The standard InChI is InChI=1S/C14H21BrO4Si/c1-17-14(16)11-5-6-12(15)13(9-11)19-10-18-7-8-20(2,3)4/h5-6,9H,7-8,10H2,1-4H3. The maximum Gasteiger partial charge on any atom is 0.337 e. The monoisotopic (exact) mass is 360 g/mol. The fraction of sp³-hybridized carbons (Fsp3) is 0.500. The van der Waals surface area contributed by atoms with Crippen molar-refractivity contribution in [2.24, 2.45) is 0 Å². The van der Waals surface area contributed by atoms with Crippen molar-refractivity contribution in [1.82, 2.24) is 0 Å². The maximum atomic E-state index is 11.4.